The molecule has 17 nitrogen and oxygen atoms in total. The lowest BCUT2D eigenvalue weighted by Crippen LogP contribution is -2.70. The third kappa shape index (κ3) is 15.8. The van der Waals surface area contributed by atoms with Crippen LogP contribution >= 0.6 is 0 Å². The maximum atomic E-state index is 13.5. The molecule has 3 saturated heterocycles. The highest BCUT2D eigenvalue weighted by atomic mass is 16.8. The number of hydrogen-bond acceptors (Lipinski definition) is 16. The van der Waals surface area contributed by atoms with E-state index in [9.17, 15) is 24.9 Å². The van der Waals surface area contributed by atoms with Crippen LogP contribution in [0.5, 0.6) is 0 Å². The van der Waals surface area contributed by atoms with E-state index in [4.69, 9.17) is 52.1 Å². The summed E-state index contributed by atoms with van der Waals surface area (Å²) < 4.78 is 73.4. The molecule has 0 unspecified atom stereocenters. The second kappa shape index (κ2) is 28.8. The molecule has 0 spiro atoms. The lowest BCUT2D eigenvalue weighted by atomic mass is 9.94. The maximum absolute atomic E-state index is 13.5. The van der Waals surface area contributed by atoms with Crippen molar-refractivity contribution in [2.45, 2.75) is 139 Å². The van der Waals surface area contributed by atoms with Gasteiger partial charge in [0.2, 0.25) is 5.91 Å². The van der Waals surface area contributed by atoms with Gasteiger partial charge in [-0.05, 0) is 46.9 Å². The highest BCUT2D eigenvalue weighted by Gasteiger charge is 2.56. The number of ether oxygens (including phenoxy) is 11. The number of rotatable bonds is 24. The first kappa shape index (κ1) is 57.4. The van der Waals surface area contributed by atoms with Crippen LogP contribution in [0.3, 0.4) is 0 Å². The van der Waals surface area contributed by atoms with E-state index in [1.54, 1.807) is 30.3 Å². The van der Waals surface area contributed by atoms with Gasteiger partial charge in [0.25, 0.3) is 0 Å². The van der Waals surface area contributed by atoms with Crippen LogP contribution in [0, 0.1) is 0 Å². The quantitative estimate of drug-likeness (QED) is 0.0472. The van der Waals surface area contributed by atoms with Gasteiger partial charge in [-0.15, -0.1) is 0 Å². The van der Waals surface area contributed by atoms with Crippen molar-refractivity contribution in [3.05, 3.63) is 215 Å². The van der Waals surface area contributed by atoms with Gasteiger partial charge in [0.15, 0.2) is 18.9 Å². The Morgan fingerprint density at radius 2 is 0.886 bits per heavy atom. The van der Waals surface area contributed by atoms with Gasteiger partial charge in [0.05, 0.1) is 51.3 Å². The number of carbonyl (C=O) groups excluding carboxylic acids is 2. The Morgan fingerprint density at radius 3 is 1.41 bits per heavy atom. The van der Waals surface area contributed by atoms with Gasteiger partial charge in [-0.3, -0.25) is 4.79 Å². The SMILES string of the molecule is CC(=O)N[C@H]1[C@H](OCc2ccccc2)O[C@H](COCc2ccccc2)[C@@H](O[C@@H]2O[C@@H](C)[C@@H](OCc3ccccc3)[C@@H](OCc3ccccc3)[C@@H]2OCc2ccccc2)[C@@H]1O[C@@H]1O[C@H](COC(=O)c2ccccc2)[C@H](O)[C@H](O)[C@H]1O. The number of aliphatic hydroxyl groups is 3. The standard InChI is InChI=1S/C62H69NO16/c1-40-54(70-34-43-23-11-4-12-24-43)57(71-35-44-25-13-5-14-26-44)58(72-36-45-27-15-6-16-28-45)62(75-40)78-55-49(38-69-33-42-21-9-3-10-22-42)77-60(74-37-46-29-17-7-18-30-46)50(63-41(2)64)56(55)79-61-53(67)52(66)51(65)48(76-61)39-73-59(68)47-31-19-8-20-32-47/h3-32,40,48-58,60-62,65-67H,33-39H2,1-2H3,(H,63,64)/t40-,48+,49+,50+,51-,52-,53+,54+,55+,56+,57+,58-,60+,61-,62-/m0/s1. The Kier molecular flexibility index (Phi) is 20.9. The molecule has 0 aliphatic carbocycles. The summed E-state index contributed by atoms with van der Waals surface area (Å²) in [5, 5.41) is 37.5. The minimum Gasteiger partial charge on any atom is -0.459 e. The van der Waals surface area contributed by atoms with Crippen molar-refractivity contribution in [2.24, 2.45) is 0 Å². The van der Waals surface area contributed by atoms with Crippen LogP contribution in [0.2, 0.25) is 0 Å². The second-order valence-electron chi connectivity index (χ2n) is 19.7. The summed E-state index contributed by atoms with van der Waals surface area (Å²) in [6, 6.07) is 55.0. The van der Waals surface area contributed by atoms with Gasteiger partial charge in [0, 0.05) is 6.92 Å². The second-order valence-corrected chi connectivity index (χ2v) is 19.7. The van der Waals surface area contributed by atoms with Crippen LogP contribution in [0.1, 0.15) is 52.0 Å². The number of amides is 1. The fraction of sp³-hybridized carbons (Fsp3) is 0.387. The number of aliphatic hydroxyl groups excluding tert-OH is 3. The zero-order valence-electron chi connectivity index (χ0n) is 44.1. The van der Waals surface area contributed by atoms with E-state index in [0.29, 0.717) is 0 Å². The van der Waals surface area contributed by atoms with E-state index in [-0.39, 0.29) is 45.2 Å². The lowest BCUT2D eigenvalue weighted by molar-refractivity contribution is -0.380. The number of hydrogen-bond donors (Lipinski definition) is 4. The van der Waals surface area contributed by atoms with Gasteiger partial charge in [-0.2, -0.15) is 0 Å². The normalized spacial score (nSPS) is 28.8. The minimum absolute atomic E-state index is 0.0309. The average Bonchev–Trinajstić information content (AvgIpc) is 3.55. The van der Waals surface area contributed by atoms with E-state index in [1.165, 1.54) is 6.92 Å². The van der Waals surface area contributed by atoms with E-state index in [0.717, 1.165) is 27.8 Å². The number of benzene rings is 6. The molecule has 0 saturated carbocycles. The van der Waals surface area contributed by atoms with Crippen LogP contribution in [-0.2, 0) is 89.9 Å². The summed E-state index contributed by atoms with van der Waals surface area (Å²) in [6.45, 7) is 3.21. The molecular weight excluding hydrogens is 1010 g/mol. The molecule has 4 N–H and O–H groups in total. The van der Waals surface area contributed by atoms with Gasteiger partial charge >= 0.3 is 5.97 Å². The van der Waals surface area contributed by atoms with Crippen molar-refractivity contribution in [3.63, 3.8) is 0 Å². The van der Waals surface area contributed by atoms with E-state index >= 15 is 0 Å². The molecule has 0 aromatic heterocycles. The Bertz CT molecular complexity index is 2730. The summed E-state index contributed by atoms with van der Waals surface area (Å²) >= 11 is 0. The van der Waals surface area contributed by atoms with Crippen LogP contribution in [0.15, 0.2) is 182 Å². The fourth-order valence-electron chi connectivity index (χ4n) is 9.78. The predicted octanol–water partition coefficient (Wildman–Crippen LogP) is 6.59. The molecule has 418 valence electrons. The first-order valence-corrected chi connectivity index (χ1v) is 26.6. The van der Waals surface area contributed by atoms with Crippen molar-refractivity contribution < 1.29 is 77.0 Å². The average molecular weight is 1080 g/mol. The van der Waals surface area contributed by atoms with Crippen molar-refractivity contribution in [1.82, 2.24) is 5.32 Å². The van der Waals surface area contributed by atoms with Gasteiger partial charge in [0.1, 0.15) is 73.7 Å². The molecule has 79 heavy (non-hydrogen) atoms. The molecule has 1 amide bonds. The highest BCUT2D eigenvalue weighted by Crippen LogP contribution is 2.37. The van der Waals surface area contributed by atoms with Gasteiger partial charge in [-0.25, -0.2) is 4.79 Å². The molecule has 0 bridgehead atoms. The van der Waals surface area contributed by atoms with E-state index in [2.05, 4.69) is 5.32 Å². The molecule has 15 atom stereocenters. The summed E-state index contributed by atoms with van der Waals surface area (Å²) in [5.74, 6) is -1.21. The van der Waals surface area contributed by atoms with Crippen molar-refractivity contribution in [1.29, 1.82) is 0 Å². The lowest BCUT2D eigenvalue weighted by Gasteiger charge is -2.51. The molecular formula is C62H69NO16. The summed E-state index contributed by atoms with van der Waals surface area (Å²) in [4.78, 5) is 26.6. The summed E-state index contributed by atoms with van der Waals surface area (Å²) in [7, 11) is 0. The van der Waals surface area contributed by atoms with E-state index < -0.39 is 111 Å². The Morgan fingerprint density at radius 1 is 0.443 bits per heavy atom. The van der Waals surface area contributed by atoms with Crippen LogP contribution in [0.25, 0.3) is 0 Å². The van der Waals surface area contributed by atoms with Crippen LogP contribution in [0.4, 0.5) is 0 Å². The van der Waals surface area contributed by atoms with Gasteiger partial charge in [-0.1, -0.05) is 170 Å². The summed E-state index contributed by atoms with van der Waals surface area (Å²) in [6.07, 6.45) is -18.3. The Labute approximate surface area is 460 Å². The smallest absolute Gasteiger partial charge is 0.338 e. The third-order valence-corrected chi connectivity index (χ3v) is 13.9. The van der Waals surface area contributed by atoms with Gasteiger partial charge < -0.3 is 72.7 Å². The molecule has 3 fully saturated rings. The zero-order valence-corrected chi connectivity index (χ0v) is 44.1. The number of carbonyl (C=O) groups is 2. The largest absolute Gasteiger partial charge is 0.459 e. The number of esters is 1. The van der Waals surface area contributed by atoms with Crippen molar-refractivity contribution in [2.75, 3.05) is 13.2 Å². The fourth-order valence-corrected chi connectivity index (χ4v) is 9.78. The first-order valence-electron chi connectivity index (χ1n) is 26.6. The summed E-state index contributed by atoms with van der Waals surface area (Å²) in [5.41, 5.74) is 4.61. The molecule has 0 radical (unpaired) electrons. The highest BCUT2D eigenvalue weighted by molar-refractivity contribution is 5.89. The predicted molar refractivity (Wildman–Crippen MR) is 286 cm³/mol. The monoisotopic (exact) mass is 1080 g/mol. The Hall–Kier alpha value is -6.26. The first-order chi connectivity index (χ1) is 38.6. The molecule has 9 rings (SSSR count). The zero-order chi connectivity index (χ0) is 54.9. The number of nitrogens with one attached hydrogen (secondary N) is 1. The van der Waals surface area contributed by atoms with Crippen molar-refractivity contribution in [3.8, 4) is 0 Å². The third-order valence-electron chi connectivity index (χ3n) is 13.9. The van der Waals surface area contributed by atoms with Crippen molar-refractivity contribution >= 4 is 11.9 Å². The van der Waals surface area contributed by atoms with Crippen LogP contribution < -0.4 is 5.32 Å². The van der Waals surface area contributed by atoms with E-state index in [1.807, 2.05) is 159 Å². The molecule has 6 aromatic rings. The van der Waals surface area contributed by atoms with Crippen LogP contribution in [-0.4, -0.2) is 132 Å². The molecule has 17 heteroatoms. The molecule has 3 heterocycles. The molecule has 3 aliphatic heterocycles. The molecule has 6 aromatic carbocycles. The Balaban J connectivity index is 1.10. The maximum Gasteiger partial charge on any atom is 0.338 e. The molecule has 3 aliphatic rings. The minimum atomic E-state index is -1.89. The topological polar surface area (TPSA) is 208 Å².